The van der Waals surface area contributed by atoms with Gasteiger partial charge in [-0.2, -0.15) is 0 Å². The fourth-order valence-electron chi connectivity index (χ4n) is 6.05. The molecular weight excluding hydrogens is 516 g/mol. The van der Waals surface area contributed by atoms with Crippen LogP contribution in [0.3, 0.4) is 0 Å². The summed E-state index contributed by atoms with van der Waals surface area (Å²) in [5, 5.41) is 0. The van der Waals surface area contributed by atoms with Crippen LogP contribution in [0.4, 0.5) is 11.4 Å². The van der Waals surface area contributed by atoms with E-state index < -0.39 is 0 Å². The second-order valence-corrected chi connectivity index (χ2v) is 11.9. The first-order chi connectivity index (χ1) is 20.5. The van der Waals surface area contributed by atoms with E-state index in [2.05, 4.69) is 106 Å². The molecule has 0 radical (unpaired) electrons. The van der Waals surface area contributed by atoms with Gasteiger partial charge in [0.05, 0.1) is 0 Å². The minimum absolute atomic E-state index is 0.0894. The Balaban J connectivity index is 0.968. The lowest BCUT2D eigenvalue weighted by Crippen LogP contribution is -2.45. The number of carbonyl (C=O) groups excluding carboxylic acids is 1. The number of aryl methyl sites for hydroxylation is 2. The second-order valence-electron chi connectivity index (χ2n) is 11.9. The zero-order valence-corrected chi connectivity index (χ0v) is 25.0. The summed E-state index contributed by atoms with van der Waals surface area (Å²) < 4.78 is 0. The summed E-state index contributed by atoms with van der Waals surface area (Å²) in [5.74, 6) is 0.0894. The maximum atomic E-state index is 13.2. The number of hydrogen-bond acceptors (Lipinski definition) is 5. The Morgan fingerprint density at radius 2 is 0.810 bits per heavy atom. The van der Waals surface area contributed by atoms with Gasteiger partial charge in [-0.3, -0.25) is 14.6 Å². The van der Waals surface area contributed by atoms with Crippen LogP contribution in [0, 0.1) is 13.8 Å². The van der Waals surface area contributed by atoms with Gasteiger partial charge in [-0.15, -0.1) is 0 Å². The van der Waals surface area contributed by atoms with Crippen LogP contribution < -0.4 is 9.80 Å². The van der Waals surface area contributed by atoms with Gasteiger partial charge in [0.25, 0.3) is 0 Å². The van der Waals surface area contributed by atoms with E-state index in [1.54, 1.807) is 0 Å². The Morgan fingerprint density at radius 1 is 0.476 bits per heavy atom. The average molecular weight is 559 g/mol. The zero-order valence-electron chi connectivity index (χ0n) is 25.0. The van der Waals surface area contributed by atoms with Crippen molar-refractivity contribution in [2.75, 3.05) is 62.2 Å². The van der Waals surface area contributed by atoms with Crippen molar-refractivity contribution in [3.63, 3.8) is 0 Å². The maximum absolute atomic E-state index is 13.2. The van der Waals surface area contributed by atoms with Gasteiger partial charge in [0.2, 0.25) is 0 Å². The number of ketones is 1. The van der Waals surface area contributed by atoms with Crippen molar-refractivity contribution in [2.45, 2.75) is 26.9 Å². The SMILES string of the molecule is Cc1ccc(N2CCN(Cc3ccc(C(=O)c4ccc(CN5CCN(c6ccc(C)cc6)CC5)cc4)cc3)CC2)cc1. The Kier molecular flexibility index (Phi) is 8.68. The molecule has 2 aliphatic heterocycles. The van der Waals surface area contributed by atoms with E-state index in [0.29, 0.717) is 0 Å². The predicted molar refractivity (Wildman–Crippen MR) is 174 cm³/mol. The number of anilines is 2. The highest BCUT2D eigenvalue weighted by atomic mass is 16.1. The number of carbonyl (C=O) groups is 1. The highest BCUT2D eigenvalue weighted by molar-refractivity contribution is 6.09. The van der Waals surface area contributed by atoms with Crippen molar-refractivity contribution in [1.29, 1.82) is 0 Å². The van der Waals surface area contributed by atoms with Crippen molar-refractivity contribution in [3.8, 4) is 0 Å². The van der Waals surface area contributed by atoms with Crippen molar-refractivity contribution < 1.29 is 4.79 Å². The van der Waals surface area contributed by atoms with Gasteiger partial charge in [0, 0.05) is 87.9 Å². The van der Waals surface area contributed by atoms with Crippen molar-refractivity contribution in [1.82, 2.24) is 9.80 Å². The third-order valence-corrected chi connectivity index (χ3v) is 8.79. The van der Waals surface area contributed by atoms with Crippen LogP contribution >= 0.6 is 0 Å². The molecule has 2 heterocycles. The molecule has 0 bridgehead atoms. The summed E-state index contributed by atoms with van der Waals surface area (Å²) in [6, 6.07) is 34.1. The van der Waals surface area contributed by atoms with E-state index in [9.17, 15) is 4.79 Å². The van der Waals surface area contributed by atoms with E-state index >= 15 is 0 Å². The van der Waals surface area contributed by atoms with Gasteiger partial charge < -0.3 is 9.80 Å². The predicted octanol–water partition coefficient (Wildman–Crippen LogP) is 6.18. The zero-order chi connectivity index (χ0) is 28.9. The normalized spacial score (nSPS) is 16.5. The van der Waals surface area contributed by atoms with E-state index in [1.165, 1.54) is 33.6 Å². The van der Waals surface area contributed by atoms with Gasteiger partial charge >= 0.3 is 0 Å². The molecule has 0 spiro atoms. The van der Waals surface area contributed by atoms with Gasteiger partial charge in [-0.1, -0.05) is 83.9 Å². The summed E-state index contributed by atoms with van der Waals surface area (Å²) >= 11 is 0. The second kappa shape index (κ2) is 12.9. The molecular formula is C37H42N4O. The number of hydrogen-bond donors (Lipinski definition) is 0. The molecule has 2 fully saturated rings. The maximum Gasteiger partial charge on any atom is 0.193 e. The summed E-state index contributed by atoms with van der Waals surface area (Å²) in [4.78, 5) is 23.1. The third-order valence-electron chi connectivity index (χ3n) is 8.79. The minimum atomic E-state index is 0.0894. The van der Waals surface area contributed by atoms with Crippen LogP contribution in [0.1, 0.15) is 38.2 Å². The first-order valence-corrected chi connectivity index (χ1v) is 15.3. The Morgan fingerprint density at radius 3 is 1.14 bits per heavy atom. The van der Waals surface area contributed by atoms with Crippen LogP contribution in [0.15, 0.2) is 97.1 Å². The smallest absolute Gasteiger partial charge is 0.193 e. The Bertz CT molecular complexity index is 1330. The summed E-state index contributed by atoms with van der Waals surface area (Å²) in [7, 11) is 0. The molecule has 0 amide bonds. The molecule has 5 heteroatoms. The van der Waals surface area contributed by atoms with Crippen molar-refractivity contribution in [2.24, 2.45) is 0 Å². The number of nitrogens with zero attached hydrogens (tertiary/aromatic N) is 4. The molecule has 2 aliphatic rings. The first-order valence-electron chi connectivity index (χ1n) is 15.3. The van der Waals surface area contributed by atoms with E-state index in [0.717, 1.165) is 76.6 Å². The highest BCUT2D eigenvalue weighted by Crippen LogP contribution is 2.21. The monoisotopic (exact) mass is 558 g/mol. The Hall–Kier alpha value is -3.93. The van der Waals surface area contributed by atoms with Crippen LogP contribution in [-0.2, 0) is 13.1 Å². The van der Waals surface area contributed by atoms with Crippen molar-refractivity contribution >= 4 is 17.2 Å². The molecule has 4 aromatic carbocycles. The lowest BCUT2D eigenvalue weighted by Gasteiger charge is -2.36. The standard InChI is InChI=1S/C37H42N4O/c1-29-3-15-35(16-4-29)40-23-19-38(20-24-40)27-31-7-11-33(12-8-31)37(42)34-13-9-32(10-14-34)28-39-21-25-41(26-22-39)36-17-5-30(2)6-18-36/h3-18H,19-28H2,1-2H3. The largest absolute Gasteiger partial charge is 0.369 e. The fourth-order valence-corrected chi connectivity index (χ4v) is 6.05. The minimum Gasteiger partial charge on any atom is -0.369 e. The number of benzene rings is 4. The van der Waals surface area contributed by atoms with Gasteiger partial charge in [-0.05, 0) is 49.2 Å². The molecule has 6 rings (SSSR count). The van der Waals surface area contributed by atoms with Crippen LogP contribution in [0.25, 0.3) is 0 Å². The molecule has 0 saturated carbocycles. The van der Waals surface area contributed by atoms with Crippen LogP contribution in [0.2, 0.25) is 0 Å². The molecule has 0 aromatic heterocycles. The fraction of sp³-hybridized carbons (Fsp3) is 0.324. The van der Waals surface area contributed by atoms with Crippen LogP contribution in [-0.4, -0.2) is 67.9 Å². The van der Waals surface area contributed by atoms with Gasteiger partial charge in [-0.25, -0.2) is 0 Å². The molecule has 4 aromatic rings. The molecule has 0 N–H and O–H groups in total. The highest BCUT2D eigenvalue weighted by Gasteiger charge is 2.19. The lowest BCUT2D eigenvalue weighted by molar-refractivity contribution is 0.103. The van der Waals surface area contributed by atoms with Crippen molar-refractivity contribution in [3.05, 3.63) is 130 Å². The quantitative estimate of drug-likeness (QED) is 0.241. The molecule has 5 nitrogen and oxygen atoms in total. The summed E-state index contributed by atoms with van der Waals surface area (Å²) in [6.07, 6.45) is 0. The van der Waals surface area contributed by atoms with E-state index in [-0.39, 0.29) is 5.78 Å². The van der Waals surface area contributed by atoms with Gasteiger partial charge in [0.15, 0.2) is 5.78 Å². The summed E-state index contributed by atoms with van der Waals surface area (Å²) in [6.45, 7) is 14.5. The first kappa shape index (κ1) is 28.2. The average Bonchev–Trinajstić information content (AvgIpc) is 3.03. The molecule has 2 saturated heterocycles. The van der Waals surface area contributed by atoms with E-state index in [1.807, 2.05) is 24.3 Å². The lowest BCUT2D eigenvalue weighted by atomic mass is 10.0. The molecule has 0 atom stereocenters. The Labute approximate surface area is 251 Å². The molecule has 0 aliphatic carbocycles. The molecule has 216 valence electrons. The third kappa shape index (κ3) is 6.92. The number of piperazine rings is 2. The van der Waals surface area contributed by atoms with E-state index in [4.69, 9.17) is 0 Å². The number of rotatable bonds is 8. The van der Waals surface area contributed by atoms with Crippen LogP contribution in [0.5, 0.6) is 0 Å². The topological polar surface area (TPSA) is 30.0 Å². The summed E-state index contributed by atoms with van der Waals surface area (Å²) in [5.41, 5.74) is 9.25. The molecule has 0 unspecified atom stereocenters. The van der Waals surface area contributed by atoms with Gasteiger partial charge in [0.1, 0.15) is 0 Å². The molecule has 42 heavy (non-hydrogen) atoms.